The minimum Gasteiger partial charge on any atom is -0.424 e. The summed E-state index contributed by atoms with van der Waals surface area (Å²) in [4.78, 5) is 2.35. The Labute approximate surface area is 108 Å². The van der Waals surface area contributed by atoms with E-state index < -0.39 is 0 Å². The first-order valence-electron chi connectivity index (χ1n) is 6.26. The summed E-state index contributed by atoms with van der Waals surface area (Å²) >= 11 is 1.91. The predicted octanol–water partition coefficient (Wildman–Crippen LogP) is 2.60. The number of hydrogen-bond donors (Lipinski definition) is 0. The van der Waals surface area contributed by atoms with Crippen molar-refractivity contribution in [1.29, 1.82) is 0 Å². The lowest BCUT2D eigenvalue weighted by atomic mass is 10.3. The molecule has 1 aromatic rings. The van der Waals surface area contributed by atoms with E-state index in [2.05, 4.69) is 35.2 Å². The van der Waals surface area contributed by atoms with Crippen LogP contribution in [0.1, 0.15) is 39.0 Å². The van der Waals surface area contributed by atoms with Crippen molar-refractivity contribution in [1.82, 2.24) is 15.1 Å². The zero-order chi connectivity index (χ0) is 12.7. The molecule has 4 nitrogen and oxygen atoms in total. The Balaban J connectivity index is 2.40. The van der Waals surface area contributed by atoms with E-state index in [0.29, 0.717) is 5.25 Å². The molecule has 0 saturated carbocycles. The van der Waals surface area contributed by atoms with E-state index >= 15 is 0 Å². The Morgan fingerprint density at radius 1 is 1.29 bits per heavy atom. The van der Waals surface area contributed by atoms with Crippen LogP contribution in [0.15, 0.2) is 4.42 Å². The van der Waals surface area contributed by atoms with Crippen molar-refractivity contribution in [3.05, 3.63) is 11.8 Å². The van der Waals surface area contributed by atoms with Gasteiger partial charge in [-0.25, -0.2) is 0 Å². The zero-order valence-corrected chi connectivity index (χ0v) is 12.1. The SMILES string of the molecule is CCc1nnc(CN(CC)CC[C@H](C)SC)o1. The Bertz CT molecular complexity index is 316. The first kappa shape index (κ1) is 14.5. The summed E-state index contributed by atoms with van der Waals surface area (Å²) in [6.45, 7) is 9.33. The summed E-state index contributed by atoms with van der Waals surface area (Å²) in [6.07, 6.45) is 4.17. The zero-order valence-electron chi connectivity index (χ0n) is 11.3. The van der Waals surface area contributed by atoms with Gasteiger partial charge in [0.1, 0.15) is 0 Å². The normalized spacial score (nSPS) is 13.2. The number of hydrogen-bond acceptors (Lipinski definition) is 5. The van der Waals surface area contributed by atoms with Gasteiger partial charge in [-0.3, -0.25) is 4.90 Å². The fourth-order valence-electron chi connectivity index (χ4n) is 1.52. The number of aromatic nitrogens is 2. The van der Waals surface area contributed by atoms with Gasteiger partial charge in [-0.2, -0.15) is 11.8 Å². The third-order valence-electron chi connectivity index (χ3n) is 2.87. The molecular weight excluding hydrogens is 234 g/mol. The molecule has 0 aliphatic heterocycles. The second-order valence-electron chi connectivity index (χ2n) is 4.15. The molecule has 17 heavy (non-hydrogen) atoms. The number of aryl methyl sites for hydroxylation is 1. The van der Waals surface area contributed by atoms with Crippen LogP contribution in [-0.4, -0.2) is 39.7 Å². The third-order valence-corrected chi connectivity index (χ3v) is 3.91. The van der Waals surface area contributed by atoms with E-state index in [-0.39, 0.29) is 0 Å². The fraction of sp³-hybridized carbons (Fsp3) is 0.833. The number of nitrogens with zero attached hydrogens (tertiary/aromatic N) is 3. The highest BCUT2D eigenvalue weighted by molar-refractivity contribution is 7.99. The molecule has 98 valence electrons. The lowest BCUT2D eigenvalue weighted by molar-refractivity contribution is 0.245. The quantitative estimate of drug-likeness (QED) is 0.716. The molecule has 0 bridgehead atoms. The molecule has 0 unspecified atom stereocenters. The summed E-state index contributed by atoms with van der Waals surface area (Å²) in [5.74, 6) is 1.47. The van der Waals surface area contributed by atoms with Gasteiger partial charge in [-0.05, 0) is 25.8 Å². The van der Waals surface area contributed by atoms with E-state index in [1.807, 2.05) is 18.7 Å². The summed E-state index contributed by atoms with van der Waals surface area (Å²) in [5.41, 5.74) is 0. The first-order valence-corrected chi connectivity index (χ1v) is 7.54. The van der Waals surface area contributed by atoms with Crippen molar-refractivity contribution in [2.45, 2.75) is 45.4 Å². The summed E-state index contributed by atoms with van der Waals surface area (Å²) in [6, 6.07) is 0. The predicted molar refractivity (Wildman–Crippen MR) is 72.2 cm³/mol. The van der Waals surface area contributed by atoms with Gasteiger partial charge in [0, 0.05) is 11.7 Å². The van der Waals surface area contributed by atoms with Crippen LogP contribution in [0.2, 0.25) is 0 Å². The van der Waals surface area contributed by atoms with Crippen LogP contribution < -0.4 is 0 Å². The Morgan fingerprint density at radius 2 is 2.00 bits per heavy atom. The van der Waals surface area contributed by atoms with E-state index in [4.69, 9.17) is 4.42 Å². The molecule has 5 heteroatoms. The van der Waals surface area contributed by atoms with Crippen LogP contribution in [0, 0.1) is 0 Å². The van der Waals surface area contributed by atoms with Crippen LogP contribution in [0.4, 0.5) is 0 Å². The van der Waals surface area contributed by atoms with Gasteiger partial charge in [0.25, 0.3) is 0 Å². The van der Waals surface area contributed by atoms with Crippen LogP contribution in [0.5, 0.6) is 0 Å². The fourth-order valence-corrected chi connectivity index (χ4v) is 1.86. The molecule has 1 aromatic heterocycles. The first-order chi connectivity index (χ1) is 8.19. The highest BCUT2D eigenvalue weighted by Crippen LogP contribution is 2.12. The molecule has 1 rings (SSSR count). The van der Waals surface area contributed by atoms with Crippen LogP contribution >= 0.6 is 11.8 Å². The molecule has 0 amide bonds. The van der Waals surface area contributed by atoms with Gasteiger partial charge >= 0.3 is 0 Å². The van der Waals surface area contributed by atoms with Crippen molar-refractivity contribution >= 4 is 11.8 Å². The highest BCUT2D eigenvalue weighted by atomic mass is 32.2. The molecule has 0 spiro atoms. The van der Waals surface area contributed by atoms with Crippen molar-refractivity contribution < 1.29 is 4.42 Å². The molecule has 0 aliphatic rings. The monoisotopic (exact) mass is 257 g/mol. The molecule has 0 N–H and O–H groups in total. The Morgan fingerprint density at radius 3 is 2.53 bits per heavy atom. The van der Waals surface area contributed by atoms with Gasteiger partial charge < -0.3 is 4.42 Å². The molecule has 0 saturated heterocycles. The standard InChI is InChI=1S/C12H23N3OS/c1-5-11-13-14-12(16-11)9-15(6-2)8-7-10(3)17-4/h10H,5-9H2,1-4H3/t10-/m0/s1. The second-order valence-corrected chi connectivity index (χ2v) is 5.42. The number of rotatable bonds is 8. The summed E-state index contributed by atoms with van der Waals surface area (Å²) < 4.78 is 5.53. The molecule has 0 aromatic carbocycles. The topological polar surface area (TPSA) is 42.2 Å². The lowest BCUT2D eigenvalue weighted by Crippen LogP contribution is -2.25. The molecule has 0 radical (unpaired) electrons. The van der Waals surface area contributed by atoms with Crippen LogP contribution in [0.25, 0.3) is 0 Å². The molecular formula is C12H23N3OS. The molecule has 1 atom stereocenters. The highest BCUT2D eigenvalue weighted by Gasteiger charge is 2.10. The maximum Gasteiger partial charge on any atom is 0.230 e. The maximum atomic E-state index is 5.53. The van der Waals surface area contributed by atoms with E-state index in [1.165, 1.54) is 6.42 Å². The van der Waals surface area contributed by atoms with Gasteiger partial charge in [-0.15, -0.1) is 10.2 Å². The van der Waals surface area contributed by atoms with Crippen molar-refractivity contribution in [2.75, 3.05) is 19.3 Å². The number of thioether (sulfide) groups is 1. The second kappa shape index (κ2) is 7.71. The third kappa shape index (κ3) is 5.08. The maximum absolute atomic E-state index is 5.53. The van der Waals surface area contributed by atoms with Crippen molar-refractivity contribution in [3.63, 3.8) is 0 Å². The average molecular weight is 257 g/mol. The van der Waals surface area contributed by atoms with Crippen molar-refractivity contribution in [2.24, 2.45) is 0 Å². The van der Waals surface area contributed by atoms with Gasteiger partial charge in [0.05, 0.1) is 6.54 Å². The smallest absolute Gasteiger partial charge is 0.230 e. The minimum absolute atomic E-state index is 0.706. The minimum atomic E-state index is 0.706. The van der Waals surface area contributed by atoms with Crippen molar-refractivity contribution in [3.8, 4) is 0 Å². The van der Waals surface area contributed by atoms with Gasteiger partial charge in [0.15, 0.2) is 0 Å². The summed E-state index contributed by atoms with van der Waals surface area (Å²) in [7, 11) is 0. The van der Waals surface area contributed by atoms with Crippen LogP contribution in [-0.2, 0) is 13.0 Å². The van der Waals surface area contributed by atoms with Gasteiger partial charge in [0.2, 0.25) is 11.8 Å². The summed E-state index contributed by atoms with van der Waals surface area (Å²) in [5, 5.41) is 8.75. The largest absolute Gasteiger partial charge is 0.424 e. The molecule has 0 fully saturated rings. The Hall–Kier alpha value is -0.550. The average Bonchev–Trinajstić information content (AvgIpc) is 2.81. The van der Waals surface area contributed by atoms with Gasteiger partial charge in [-0.1, -0.05) is 20.8 Å². The van der Waals surface area contributed by atoms with E-state index in [9.17, 15) is 0 Å². The molecule has 1 heterocycles. The Kier molecular flexibility index (Phi) is 6.58. The lowest BCUT2D eigenvalue weighted by Gasteiger charge is -2.19. The van der Waals surface area contributed by atoms with E-state index in [0.717, 1.165) is 37.8 Å². The van der Waals surface area contributed by atoms with Crippen LogP contribution in [0.3, 0.4) is 0 Å². The van der Waals surface area contributed by atoms with E-state index in [1.54, 1.807) is 0 Å². The molecule has 0 aliphatic carbocycles.